The van der Waals surface area contributed by atoms with Gasteiger partial charge in [-0.2, -0.15) is 0 Å². The summed E-state index contributed by atoms with van der Waals surface area (Å²) in [5, 5.41) is 9.16. The minimum atomic E-state index is -0.658. The van der Waals surface area contributed by atoms with Gasteiger partial charge in [0.15, 0.2) is 0 Å². The van der Waals surface area contributed by atoms with E-state index in [1.807, 2.05) is 17.0 Å². The second-order valence-electron chi connectivity index (χ2n) is 13.3. The van der Waals surface area contributed by atoms with Crippen LogP contribution in [-0.2, 0) is 4.79 Å². The highest BCUT2D eigenvalue weighted by Gasteiger charge is 2.52. The Labute approximate surface area is 259 Å². The van der Waals surface area contributed by atoms with Crippen molar-refractivity contribution >= 4 is 46.6 Å². The average molecular weight is 614 g/mol. The first-order valence-corrected chi connectivity index (χ1v) is 15.6. The number of aliphatic imine (C=N–C) groups is 1. The molecule has 1 atom stereocenters. The third-order valence-corrected chi connectivity index (χ3v) is 9.11. The number of nitrogens with zero attached hydrogens (tertiary/aromatic N) is 2. The summed E-state index contributed by atoms with van der Waals surface area (Å²) in [6, 6.07) is 12.5. The normalized spacial score (nSPS) is 21.5. The minimum Gasteiger partial charge on any atom is -0.340 e. The molecule has 1 spiro atoms. The lowest BCUT2D eigenvalue weighted by molar-refractivity contribution is -0.134. The van der Waals surface area contributed by atoms with Crippen LogP contribution in [0.5, 0.6) is 0 Å². The predicted octanol–water partition coefficient (Wildman–Crippen LogP) is 5.58. The van der Waals surface area contributed by atoms with Gasteiger partial charge in [-0.05, 0) is 91.7 Å². The van der Waals surface area contributed by atoms with Gasteiger partial charge in [0.25, 0.3) is 17.6 Å². The number of halogens is 2. The van der Waals surface area contributed by atoms with Crippen LogP contribution >= 0.6 is 23.2 Å². The van der Waals surface area contributed by atoms with Gasteiger partial charge >= 0.3 is 0 Å². The van der Waals surface area contributed by atoms with Gasteiger partial charge in [0.1, 0.15) is 17.9 Å². The van der Waals surface area contributed by atoms with Crippen LogP contribution in [0, 0.1) is 17.3 Å². The van der Waals surface area contributed by atoms with E-state index in [4.69, 9.17) is 39.3 Å². The molecular formula is C33H44Cl2N5O2+. The fourth-order valence-electron chi connectivity index (χ4n) is 6.30. The first-order chi connectivity index (χ1) is 19.7. The second-order valence-corrected chi connectivity index (χ2v) is 14.2. The van der Waals surface area contributed by atoms with Crippen LogP contribution in [0.1, 0.15) is 101 Å². The Bertz CT molecular complexity index is 1340. The molecule has 0 radical (unpaired) electrons. The summed E-state index contributed by atoms with van der Waals surface area (Å²) in [6.07, 6.45) is 5.25. The van der Waals surface area contributed by atoms with Gasteiger partial charge in [0.2, 0.25) is 0 Å². The van der Waals surface area contributed by atoms with Gasteiger partial charge in [-0.1, -0.05) is 70.0 Å². The lowest BCUT2D eigenvalue weighted by atomic mass is 9.69. The number of hydrogen-bond acceptors (Lipinski definition) is 3. The van der Waals surface area contributed by atoms with E-state index >= 15 is 0 Å². The van der Waals surface area contributed by atoms with E-state index in [1.165, 1.54) is 0 Å². The van der Waals surface area contributed by atoms with Crippen LogP contribution in [0.3, 0.4) is 0 Å². The van der Waals surface area contributed by atoms with Crippen molar-refractivity contribution < 1.29 is 15.0 Å². The summed E-state index contributed by atoms with van der Waals surface area (Å²) in [5.41, 5.74) is 7.56. The highest BCUT2D eigenvalue weighted by Crippen LogP contribution is 2.50. The maximum atomic E-state index is 14.5. The van der Waals surface area contributed by atoms with Gasteiger partial charge in [-0.15, -0.1) is 0 Å². The number of amidine groups is 1. The molecule has 1 aliphatic carbocycles. The zero-order valence-corrected chi connectivity index (χ0v) is 26.9. The molecule has 226 valence electrons. The van der Waals surface area contributed by atoms with E-state index in [-0.39, 0.29) is 35.7 Å². The Balaban J connectivity index is 1.75. The van der Waals surface area contributed by atoms with Crippen molar-refractivity contribution in [2.45, 2.75) is 84.8 Å². The molecule has 0 aromatic heterocycles. The summed E-state index contributed by atoms with van der Waals surface area (Å²) in [4.78, 5) is 34.4. The van der Waals surface area contributed by atoms with E-state index in [2.05, 4.69) is 39.9 Å². The average Bonchev–Trinajstić information content (AvgIpc) is 3.18. The molecule has 4 rings (SSSR count). The number of nitrogens with one attached hydrogen (secondary N) is 1. The highest BCUT2D eigenvalue weighted by molar-refractivity contribution is 6.47. The molecule has 7 nitrogen and oxygen atoms in total. The van der Waals surface area contributed by atoms with Crippen molar-refractivity contribution in [1.82, 2.24) is 10.2 Å². The van der Waals surface area contributed by atoms with Crippen LogP contribution in [-0.4, -0.2) is 40.5 Å². The summed E-state index contributed by atoms with van der Waals surface area (Å²) in [6.45, 7) is 11.4. The Morgan fingerprint density at radius 2 is 1.69 bits per heavy atom. The van der Waals surface area contributed by atoms with E-state index in [9.17, 15) is 9.59 Å². The topological polar surface area (TPSA) is 113 Å². The molecule has 2 amide bonds. The Hall–Kier alpha value is -2.90. The van der Waals surface area contributed by atoms with E-state index in [1.54, 1.807) is 30.3 Å². The van der Waals surface area contributed by atoms with E-state index < -0.39 is 5.66 Å². The smallest absolute Gasteiger partial charge is 0.275 e. The molecule has 1 fully saturated rings. The Kier molecular flexibility index (Phi) is 9.73. The molecular weight excluding hydrogens is 569 g/mol. The van der Waals surface area contributed by atoms with Gasteiger partial charge in [-0.3, -0.25) is 25.7 Å². The first kappa shape index (κ1) is 32.0. The zero-order valence-electron chi connectivity index (χ0n) is 25.3. The van der Waals surface area contributed by atoms with E-state index in [0.717, 1.165) is 44.1 Å². The molecule has 0 saturated heterocycles. The lowest BCUT2D eigenvalue weighted by Gasteiger charge is -2.47. The van der Waals surface area contributed by atoms with Crippen molar-refractivity contribution in [3.05, 3.63) is 69.2 Å². The van der Waals surface area contributed by atoms with E-state index in [0.29, 0.717) is 38.7 Å². The van der Waals surface area contributed by atoms with Crippen LogP contribution in [0.15, 0.2) is 47.5 Å². The zero-order chi connectivity index (χ0) is 30.8. The van der Waals surface area contributed by atoms with Gasteiger partial charge in [-0.25, -0.2) is 0 Å². The summed E-state index contributed by atoms with van der Waals surface area (Å²) in [7, 11) is 0. The molecule has 2 aromatic carbocycles. The molecule has 1 heterocycles. The largest absolute Gasteiger partial charge is 0.340 e. The fraction of sp³-hybridized carbons (Fsp3) is 0.515. The molecule has 9 heteroatoms. The third kappa shape index (κ3) is 7.17. The monoisotopic (exact) mass is 612 g/mol. The maximum absolute atomic E-state index is 14.5. The molecule has 1 aliphatic heterocycles. The van der Waals surface area contributed by atoms with Crippen LogP contribution in [0.25, 0.3) is 0 Å². The Morgan fingerprint density at radius 1 is 1.10 bits per heavy atom. The molecule has 5 N–H and O–H groups in total. The number of hydrogen-bond donors (Lipinski definition) is 3. The predicted molar refractivity (Wildman–Crippen MR) is 171 cm³/mol. The summed E-state index contributed by atoms with van der Waals surface area (Å²) >= 11 is 12.7. The van der Waals surface area contributed by atoms with Crippen LogP contribution < -0.4 is 16.5 Å². The van der Waals surface area contributed by atoms with Crippen molar-refractivity contribution in [3.8, 4) is 0 Å². The number of nitrogens with two attached hydrogens (primary N) is 2. The molecule has 0 unspecified atom stereocenters. The number of amides is 2. The standard InChI is InChI=1S/C33H43Cl2N5O2/c1-20(2)6-11-27(21-7-9-22(10-8-21)30(41)38-19-28(36)37)40-31(42)29(23-16-25(34)18-26(35)17-23)39-33(40)14-12-24(13-15-33)32(3,4)5/h7-10,16-18,20,24,27H,6,11-15,19H2,1-5H3,(H3,36,37)(H,38,41)/p+1/t24?,27-,33?/m1/s1. The first-order valence-electron chi connectivity index (χ1n) is 14.8. The maximum Gasteiger partial charge on any atom is 0.275 e. The Morgan fingerprint density at radius 3 is 2.21 bits per heavy atom. The van der Waals surface area contributed by atoms with Gasteiger partial charge in [0, 0.05) is 21.2 Å². The van der Waals surface area contributed by atoms with Crippen LogP contribution in [0.4, 0.5) is 0 Å². The molecule has 2 aromatic rings. The molecule has 2 aliphatic rings. The second kappa shape index (κ2) is 12.8. The van der Waals surface area contributed by atoms with Crippen molar-refractivity contribution in [3.63, 3.8) is 0 Å². The van der Waals surface area contributed by atoms with Crippen molar-refractivity contribution in [2.24, 2.45) is 28.0 Å². The van der Waals surface area contributed by atoms with Gasteiger partial charge < -0.3 is 10.2 Å². The number of carbonyl (C=O) groups excluding carboxylic acids is 2. The summed E-state index contributed by atoms with van der Waals surface area (Å²) in [5.74, 6) is 0.780. The third-order valence-electron chi connectivity index (χ3n) is 8.68. The van der Waals surface area contributed by atoms with Crippen molar-refractivity contribution in [1.29, 1.82) is 0 Å². The minimum absolute atomic E-state index is 0.103. The lowest BCUT2D eigenvalue weighted by Crippen LogP contribution is -2.52. The molecule has 0 bridgehead atoms. The quantitative estimate of drug-likeness (QED) is 0.254. The number of carbonyl (C=O) groups is 2. The highest BCUT2D eigenvalue weighted by atomic mass is 35.5. The molecule has 1 saturated carbocycles. The fourth-order valence-corrected chi connectivity index (χ4v) is 6.83. The number of rotatable bonds is 9. The van der Waals surface area contributed by atoms with Crippen LogP contribution in [0.2, 0.25) is 10.0 Å². The van der Waals surface area contributed by atoms with Gasteiger partial charge in [0.05, 0.1) is 6.04 Å². The SMILES string of the molecule is CC(C)CC[C@H](c1ccc(C(=O)NCC(N)=[NH2+])cc1)N1C(=O)C(c2cc(Cl)cc(Cl)c2)=NC12CCC(C(C)(C)C)CC2. The van der Waals surface area contributed by atoms with Crippen molar-refractivity contribution in [2.75, 3.05) is 6.54 Å². The summed E-state index contributed by atoms with van der Waals surface area (Å²) < 4.78 is 0. The molecule has 42 heavy (non-hydrogen) atoms. The number of benzene rings is 2.